The van der Waals surface area contributed by atoms with E-state index in [4.69, 9.17) is 4.74 Å². The molecule has 0 aromatic heterocycles. The van der Waals surface area contributed by atoms with Crippen molar-refractivity contribution < 1.29 is 14.6 Å². The highest BCUT2D eigenvalue weighted by molar-refractivity contribution is 5.75. The summed E-state index contributed by atoms with van der Waals surface area (Å²) in [6, 6.07) is 0. The second-order valence-corrected chi connectivity index (χ2v) is 4.25. The molecule has 3 heteroatoms. The van der Waals surface area contributed by atoms with Crippen LogP contribution in [0.1, 0.15) is 34.6 Å². The summed E-state index contributed by atoms with van der Waals surface area (Å²) in [5.74, 6) is -0.544. The largest absolute Gasteiger partial charge is 0.461 e. The first kappa shape index (κ1) is 11.4. The summed E-state index contributed by atoms with van der Waals surface area (Å²) in [5.41, 5.74) is -0.452. The van der Waals surface area contributed by atoms with Gasteiger partial charge in [-0.05, 0) is 19.3 Å². The fraction of sp³-hybridized carbons (Fsp3) is 0.889. The summed E-state index contributed by atoms with van der Waals surface area (Å²) in [4.78, 5) is 11.1. The Balaban J connectivity index is 4.12. The van der Waals surface area contributed by atoms with Crippen LogP contribution < -0.4 is 0 Å². The molecule has 72 valence electrons. The lowest BCUT2D eigenvalue weighted by Gasteiger charge is -2.24. The smallest absolute Gasteiger partial charge is 0.335 e. The SMILES string of the molecule is CC(C)OC(=O)[C@@H](O)C(C)(C)C. The lowest BCUT2D eigenvalue weighted by molar-refractivity contribution is -0.163. The quantitative estimate of drug-likeness (QED) is 0.643. The molecule has 0 fully saturated rings. The van der Waals surface area contributed by atoms with Crippen LogP contribution in [0, 0.1) is 5.41 Å². The van der Waals surface area contributed by atoms with Gasteiger partial charge in [0.25, 0.3) is 0 Å². The number of rotatable bonds is 2. The van der Waals surface area contributed by atoms with E-state index >= 15 is 0 Å². The number of esters is 1. The highest BCUT2D eigenvalue weighted by atomic mass is 16.6. The molecule has 1 atom stereocenters. The van der Waals surface area contributed by atoms with Gasteiger partial charge in [-0.2, -0.15) is 0 Å². The molecular formula is C9H18O3. The maximum absolute atomic E-state index is 11.1. The Morgan fingerprint density at radius 2 is 1.75 bits per heavy atom. The van der Waals surface area contributed by atoms with Crippen LogP contribution in [0.3, 0.4) is 0 Å². The number of hydrogen-bond acceptors (Lipinski definition) is 3. The molecule has 0 aromatic carbocycles. The normalized spacial score (nSPS) is 14.6. The van der Waals surface area contributed by atoms with Gasteiger partial charge >= 0.3 is 5.97 Å². The van der Waals surface area contributed by atoms with Crippen LogP contribution in [0.15, 0.2) is 0 Å². The minimum absolute atomic E-state index is 0.172. The van der Waals surface area contributed by atoms with Gasteiger partial charge in [0.1, 0.15) is 0 Å². The number of carbonyl (C=O) groups excluding carboxylic acids is 1. The van der Waals surface area contributed by atoms with Gasteiger partial charge in [-0.3, -0.25) is 0 Å². The first-order valence-electron chi connectivity index (χ1n) is 4.13. The number of ether oxygens (including phenoxy) is 1. The third-order valence-corrected chi connectivity index (χ3v) is 1.40. The van der Waals surface area contributed by atoms with Crippen LogP contribution in [-0.4, -0.2) is 23.3 Å². The summed E-state index contributed by atoms with van der Waals surface area (Å²) in [6.45, 7) is 8.89. The van der Waals surface area contributed by atoms with Gasteiger partial charge in [0, 0.05) is 0 Å². The maximum Gasteiger partial charge on any atom is 0.335 e. The van der Waals surface area contributed by atoms with Crippen molar-refractivity contribution in [3.8, 4) is 0 Å². The summed E-state index contributed by atoms with van der Waals surface area (Å²) in [7, 11) is 0. The summed E-state index contributed by atoms with van der Waals surface area (Å²) in [5, 5.41) is 9.43. The third-order valence-electron chi connectivity index (χ3n) is 1.40. The molecule has 0 aromatic rings. The first-order valence-corrected chi connectivity index (χ1v) is 4.13. The lowest BCUT2D eigenvalue weighted by Crippen LogP contribution is -2.36. The molecule has 0 amide bonds. The molecular weight excluding hydrogens is 156 g/mol. The fourth-order valence-electron chi connectivity index (χ4n) is 0.650. The van der Waals surface area contributed by atoms with Crippen molar-refractivity contribution in [3.63, 3.8) is 0 Å². The number of hydrogen-bond donors (Lipinski definition) is 1. The predicted octanol–water partition coefficient (Wildman–Crippen LogP) is 1.34. The molecule has 0 unspecified atom stereocenters. The molecule has 0 bridgehead atoms. The van der Waals surface area contributed by atoms with Crippen LogP contribution in [0.5, 0.6) is 0 Å². The zero-order chi connectivity index (χ0) is 9.94. The molecule has 0 aliphatic rings. The van der Waals surface area contributed by atoms with E-state index in [0.717, 1.165) is 0 Å². The fourth-order valence-corrected chi connectivity index (χ4v) is 0.650. The van der Waals surface area contributed by atoms with Crippen molar-refractivity contribution in [2.24, 2.45) is 5.41 Å². The predicted molar refractivity (Wildman–Crippen MR) is 46.7 cm³/mol. The number of aliphatic hydroxyl groups is 1. The minimum atomic E-state index is -1.04. The van der Waals surface area contributed by atoms with Gasteiger partial charge in [-0.25, -0.2) is 4.79 Å². The van der Waals surface area contributed by atoms with Crippen molar-refractivity contribution in [3.05, 3.63) is 0 Å². The first-order chi connectivity index (χ1) is 5.25. The highest BCUT2D eigenvalue weighted by Crippen LogP contribution is 2.20. The van der Waals surface area contributed by atoms with Crippen LogP contribution in [0.4, 0.5) is 0 Å². The van der Waals surface area contributed by atoms with Crippen LogP contribution in [0.2, 0.25) is 0 Å². The Morgan fingerprint density at radius 3 is 2.00 bits per heavy atom. The highest BCUT2D eigenvalue weighted by Gasteiger charge is 2.30. The van der Waals surface area contributed by atoms with Crippen LogP contribution in [0.25, 0.3) is 0 Å². The minimum Gasteiger partial charge on any atom is -0.461 e. The van der Waals surface area contributed by atoms with Crippen molar-refractivity contribution in [1.82, 2.24) is 0 Å². The van der Waals surface area contributed by atoms with E-state index in [-0.39, 0.29) is 6.10 Å². The third kappa shape index (κ3) is 3.72. The van der Waals surface area contributed by atoms with E-state index in [2.05, 4.69) is 0 Å². The van der Waals surface area contributed by atoms with E-state index in [1.54, 1.807) is 34.6 Å². The van der Waals surface area contributed by atoms with E-state index in [1.165, 1.54) is 0 Å². The average molecular weight is 174 g/mol. The van der Waals surface area contributed by atoms with Crippen LogP contribution in [-0.2, 0) is 9.53 Å². The molecule has 0 saturated carbocycles. The van der Waals surface area contributed by atoms with Crippen molar-refractivity contribution in [2.75, 3.05) is 0 Å². The van der Waals surface area contributed by atoms with Gasteiger partial charge < -0.3 is 9.84 Å². The molecule has 1 N–H and O–H groups in total. The number of carbonyl (C=O) groups is 1. The Hall–Kier alpha value is -0.570. The Labute approximate surface area is 73.7 Å². The molecule has 0 heterocycles. The van der Waals surface area contributed by atoms with Gasteiger partial charge in [-0.1, -0.05) is 20.8 Å². The monoisotopic (exact) mass is 174 g/mol. The Kier molecular flexibility index (Phi) is 3.71. The second kappa shape index (κ2) is 3.90. The molecule has 0 aliphatic heterocycles. The molecule has 3 nitrogen and oxygen atoms in total. The zero-order valence-corrected chi connectivity index (χ0v) is 8.42. The summed E-state index contributed by atoms with van der Waals surface area (Å²) >= 11 is 0. The Bertz CT molecular complexity index is 156. The van der Waals surface area contributed by atoms with Gasteiger partial charge in [0.15, 0.2) is 6.10 Å². The summed E-state index contributed by atoms with van der Waals surface area (Å²) in [6.07, 6.45) is -1.21. The van der Waals surface area contributed by atoms with Gasteiger partial charge in [0.2, 0.25) is 0 Å². The van der Waals surface area contributed by atoms with Gasteiger partial charge in [-0.15, -0.1) is 0 Å². The van der Waals surface area contributed by atoms with Crippen molar-refractivity contribution in [1.29, 1.82) is 0 Å². The maximum atomic E-state index is 11.1. The van der Waals surface area contributed by atoms with Gasteiger partial charge in [0.05, 0.1) is 6.10 Å². The molecule has 0 spiro atoms. The molecule has 12 heavy (non-hydrogen) atoms. The molecule has 0 saturated heterocycles. The lowest BCUT2D eigenvalue weighted by atomic mass is 9.89. The van der Waals surface area contributed by atoms with E-state index < -0.39 is 17.5 Å². The van der Waals surface area contributed by atoms with Crippen molar-refractivity contribution >= 4 is 5.97 Å². The van der Waals surface area contributed by atoms with E-state index in [0.29, 0.717) is 0 Å². The topological polar surface area (TPSA) is 46.5 Å². The van der Waals surface area contributed by atoms with E-state index in [1.807, 2.05) is 0 Å². The standard InChI is InChI=1S/C9H18O3/c1-6(2)12-8(11)7(10)9(3,4)5/h6-7,10H,1-5H3/t7-/m1/s1. The summed E-state index contributed by atoms with van der Waals surface area (Å²) < 4.78 is 4.85. The van der Waals surface area contributed by atoms with Crippen molar-refractivity contribution in [2.45, 2.75) is 46.8 Å². The molecule has 0 radical (unpaired) electrons. The van der Waals surface area contributed by atoms with E-state index in [9.17, 15) is 9.90 Å². The average Bonchev–Trinajstić information content (AvgIpc) is 1.82. The second-order valence-electron chi connectivity index (χ2n) is 4.25. The van der Waals surface area contributed by atoms with Crippen LogP contribution >= 0.6 is 0 Å². The number of aliphatic hydroxyl groups excluding tert-OH is 1. The molecule has 0 aliphatic carbocycles. The molecule has 0 rings (SSSR count). The Morgan fingerprint density at radius 1 is 1.33 bits per heavy atom. The zero-order valence-electron chi connectivity index (χ0n) is 8.42.